The first-order chi connectivity index (χ1) is 17.5. The quantitative estimate of drug-likeness (QED) is 0.382. The van der Waals surface area contributed by atoms with Gasteiger partial charge in [-0.05, 0) is 54.1 Å². The van der Waals surface area contributed by atoms with E-state index in [2.05, 4.69) is 0 Å². The van der Waals surface area contributed by atoms with E-state index in [4.69, 9.17) is 19.2 Å². The molecule has 2 heterocycles. The number of fused-ring (bicyclic) bond motifs is 1. The first kappa shape index (κ1) is 22.7. The van der Waals surface area contributed by atoms with Gasteiger partial charge in [-0.15, -0.1) is 0 Å². The Kier molecular flexibility index (Phi) is 5.66. The largest absolute Gasteiger partial charge is 0.503 e. The van der Waals surface area contributed by atoms with Crippen LogP contribution in [0.15, 0.2) is 88.5 Å². The molecule has 0 radical (unpaired) electrons. The molecule has 0 saturated heterocycles. The lowest BCUT2D eigenvalue weighted by Crippen LogP contribution is -2.31. The standard InChI is InChI=1S/C28H20N2O6/c1-34-21-12-9-18(14-22(21)35-2)25-24(26(31)23-13-17-5-3-4-6-20(17)36-23)27(32)28(33)30(25)19-10-7-16(15-29)8-11-19/h3-14,25,32H,1-2H3. The number of amides is 1. The molecule has 0 bridgehead atoms. The van der Waals surface area contributed by atoms with E-state index in [1.165, 1.54) is 19.1 Å². The van der Waals surface area contributed by atoms with Gasteiger partial charge >= 0.3 is 0 Å². The van der Waals surface area contributed by atoms with Crippen molar-refractivity contribution in [2.24, 2.45) is 0 Å². The number of ketones is 1. The summed E-state index contributed by atoms with van der Waals surface area (Å²) in [4.78, 5) is 28.4. The lowest BCUT2D eigenvalue weighted by Gasteiger charge is -2.27. The second-order valence-electron chi connectivity index (χ2n) is 8.09. The van der Waals surface area contributed by atoms with Gasteiger partial charge in [0.25, 0.3) is 5.91 Å². The van der Waals surface area contributed by atoms with Gasteiger partial charge in [0.15, 0.2) is 23.0 Å². The van der Waals surface area contributed by atoms with Crippen LogP contribution in [0.5, 0.6) is 11.5 Å². The highest BCUT2D eigenvalue weighted by atomic mass is 16.5. The van der Waals surface area contributed by atoms with Gasteiger partial charge in [0, 0.05) is 11.1 Å². The number of Topliss-reactive ketones (excluding diaryl/α,β-unsaturated/α-hetero) is 1. The molecule has 3 aromatic carbocycles. The Morgan fingerprint density at radius 2 is 1.72 bits per heavy atom. The van der Waals surface area contributed by atoms with Gasteiger partial charge in [0.05, 0.1) is 37.5 Å². The van der Waals surface area contributed by atoms with E-state index in [1.54, 1.807) is 66.7 Å². The number of furan rings is 1. The van der Waals surface area contributed by atoms with Gasteiger partial charge in [-0.1, -0.05) is 24.3 Å². The molecule has 36 heavy (non-hydrogen) atoms. The van der Waals surface area contributed by atoms with E-state index in [9.17, 15) is 14.7 Å². The summed E-state index contributed by atoms with van der Waals surface area (Å²) in [5, 5.41) is 20.9. The number of nitriles is 1. The number of benzene rings is 3. The first-order valence-corrected chi connectivity index (χ1v) is 11.0. The number of nitrogens with zero attached hydrogens (tertiary/aromatic N) is 2. The Morgan fingerprint density at radius 3 is 2.39 bits per heavy atom. The normalized spacial score (nSPS) is 15.3. The molecule has 5 rings (SSSR count). The van der Waals surface area contributed by atoms with Gasteiger partial charge in [0.2, 0.25) is 5.78 Å². The molecule has 0 saturated carbocycles. The molecule has 1 aliphatic heterocycles. The van der Waals surface area contributed by atoms with E-state index in [1.807, 2.05) is 12.1 Å². The molecule has 8 heteroatoms. The molecule has 4 aromatic rings. The van der Waals surface area contributed by atoms with Crippen molar-refractivity contribution in [1.29, 1.82) is 5.26 Å². The molecule has 0 spiro atoms. The average Bonchev–Trinajstić information content (AvgIpc) is 3.47. The van der Waals surface area contributed by atoms with Crippen LogP contribution >= 0.6 is 0 Å². The van der Waals surface area contributed by atoms with Crippen LogP contribution in [-0.2, 0) is 4.79 Å². The number of ether oxygens (including phenoxy) is 2. The fourth-order valence-corrected chi connectivity index (χ4v) is 4.36. The fourth-order valence-electron chi connectivity index (χ4n) is 4.36. The summed E-state index contributed by atoms with van der Waals surface area (Å²) < 4.78 is 16.5. The van der Waals surface area contributed by atoms with Crippen LogP contribution in [0.25, 0.3) is 11.0 Å². The topological polar surface area (TPSA) is 113 Å². The zero-order chi connectivity index (χ0) is 25.4. The van der Waals surface area contributed by atoms with Crippen LogP contribution in [0, 0.1) is 11.3 Å². The van der Waals surface area contributed by atoms with Gasteiger partial charge < -0.3 is 19.0 Å². The number of carbonyl (C=O) groups is 2. The number of para-hydroxylation sites is 1. The predicted molar refractivity (Wildman–Crippen MR) is 131 cm³/mol. The molecule has 1 N–H and O–H groups in total. The number of aliphatic hydroxyl groups is 1. The maximum absolute atomic E-state index is 13.7. The summed E-state index contributed by atoms with van der Waals surface area (Å²) in [6.45, 7) is 0. The second-order valence-corrected chi connectivity index (χ2v) is 8.09. The number of hydrogen-bond donors (Lipinski definition) is 1. The summed E-state index contributed by atoms with van der Waals surface area (Å²) in [6.07, 6.45) is 0. The summed E-state index contributed by atoms with van der Waals surface area (Å²) in [7, 11) is 2.98. The van der Waals surface area contributed by atoms with Gasteiger partial charge in [-0.25, -0.2) is 0 Å². The van der Waals surface area contributed by atoms with Crippen molar-refractivity contribution in [2.45, 2.75) is 6.04 Å². The SMILES string of the molecule is COc1ccc(C2C(C(=O)c3cc4ccccc4o3)=C(O)C(=O)N2c2ccc(C#N)cc2)cc1OC. The van der Waals surface area contributed by atoms with Crippen LogP contribution in [-0.4, -0.2) is 31.0 Å². The van der Waals surface area contributed by atoms with Crippen LogP contribution in [0.4, 0.5) is 5.69 Å². The van der Waals surface area contributed by atoms with Gasteiger partial charge in [0.1, 0.15) is 5.58 Å². The van der Waals surface area contributed by atoms with Crippen LogP contribution in [0.3, 0.4) is 0 Å². The van der Waals surface area contributed by atoms with Crippen molar-refractivity contribution in [3.05, 3.63) is 101 Å². The Hall–Kier alpha value is -5.03. The summed E-state index contributed by atoms with van der Waals surface area (Å²) in [5.74, 6) is -1.19. The third kappa shape index (κ3) is 3.63. The molecule has 1 amide bonds. The number of anilines is 1. The third-order valence-corrected chi connectivity index (χ3v) is 6.10. The number of carbonyl (C=O) groups excluding carboxylic acids is 2. The molecule has 1 aromatic heterocycles. The second kappa shape index (κ2) is 8.96. The third-order valence-electron chi connectivity index (χ3n) is 6.10. The van der Waals surface area contributed by atoms with Gasteiger partial charge in [-0.3, -0.25) is 14.5 Å². The van der Waals surface area contributed by atoms with Crippen molar-refractivity contribution in [1.82, 2.24) is 0 Å². The Morgan fingerprint density at radius 1 is 1.00 bits per heavy atom. The summed E-state index contributed by atoms with van der Waals surface area (Å²) in [5.41, 5.74) is 1.70. The van der Waals surface area contributed by atoms with E-state index in [0.717, 1.165) is 5.39 Å². The molecular weight excluding hydrogens is 460 g/mol. The van der Waals surface area contributed by atoms with Crippen LogP contribution in [0.2, 0.25) is 0 Å². The summed E-state index contributed by atoms with van der Waals surface area (Å²) >= 11 is 0. The van der Waals surface area contributed by atoms with Crippen molar-refractivity contribution >= 4 is 28.3 Å². The van der Waals surface area contributed by atoms with Crippen LogP contribution < -0.4 is 14.4 Å². The highest BCUT2D eigenvalue weighted by Gasteiger charge is 2.45. The molecule has 0 aliphatic carbocycles. The lowest BCUT2D eigenvalue weighted by molar-refractivity contribution is -0.117. The first-order valence-electron chi connectivity index (χ1n) is 11.0. The minimum Gasteiger partial charge on any atom is -0.503 e. The molecule has 178 valence electrons. The van der Waals surface area contributed by atoms with E-state index in [-0.39, 0.29) is 11.3 Å². The maximum Gasteiger partial charge on any atom is 0.294 e. The maximum atomic E-state index is 13.7. The minimum absolute atomic E-state index is 0.00212. The molecule has 8 nitrogen and oxygen atoms in total. The zero-order valence-electron chi connectivity index (χ0n) is 19.4. The molecule has 1 atom stereocenters. The van der Waals surface area contributed by atoms with Crippen molar-refractivity contribution in [3.63, 3.8) is 0 Å². The Bertz CT molecular complexity index is 1540. The van der Waals surface area contributed by atoms with E-state index in [0.29, 0.717) is 33.9 Å². The highest BCUT2D eigenvalue weighted by Crippen LogP contribution is 2.44. The molecule has 1 unspecified atom stereocenters. The fraction of sp³-hybridized carbons (Fsp3) is 0.107. The minimum atomic E-state index is -0.994. The Labute approximate surface area is 206 Å². The van der Waals surface area contributed by atoms with Gasteiger partial charge in [-0.2, -0.15) is 5.26 Å². The number of rotatable bonds is 6. The number of aliphatic hydroxyl groups excluding tert-OH is 1. The number of methoxy groups -OCH3 is 2. The Balaban J connectivity index is 1.68. The molecular formula is C28H20N2O6. The van der Waals surface area contributed by atoms with Crippen molar-refractivity contribution in [3.8, 4) is 17.6 Å². The monoisotopic (exact) mass is 480 g/mol. The number of hydrogen-bond acceptors (Lipinski definition) is 7. The highest BCUT2D eigenvalue weighted by molar-refractivity contribution is 6.20. The van der Waals surface area contributed by atoms with E-state index < -0.39 is 23.5 Å². The van der Waals surface area contributed by atoms with Crippen molar-refractivity contribution in [2.75, 3.05) is 19.1 Å². The predicted octanol–water partition coefficient (Wildman–Crippen LogP) is 5.10. The lowest BCUT2D eigenvalue weighted by atomic mass is 9.94. The van der Waals surface area contributed by atoms with Crippen molar-refractivity contribution < 1.29 is 28.6 Å². The van der Waals surface area contributed by atoms with E-state index >= 15 is 0 Å². The zero-order valence-corrected chi connectivity index (χ0v) is 19.4. The summed E-state index contributed by atoms with van der Waals surface area (Å²) in [6, 6.07) is 21.1. The molecule has 0 fully saturated rings. The van der Waals surface area contributed by atoms with Crippen LogP contribution in [0.1, 0.15) is 27.7 Å². The smallest absolute Gasteiger partial charge is 0.294 e. The average molecular weight is 480 g/mol. The molecule has 1 aliphatic rings.